The number of carbonyl (C=O) groups is 3. The van der Waals surface area contributed by atoms with Crippen molar-refractivity contribution in [2.45, 2.75) is 94.1 Å². The van der Waals surface area contributed by atoms with Gasteiger partial charge in [-0.3, -0.25) is 14.4 Å². The molecule has 0 amide bonds. The van der Waals surface area contributed by atoms with Gasteiger partial charge in [0.05, 0.1) is 22.8 Å². The number of sulfonamides is 1. The minimum Gasteiger partial charge on any atom is -0.460 e. The zero-order valence-electron chi connectivity index (χ0n) is 25.5. The summed E-state index contributed by atoms with van der Waals surface area (Å²) in [6, 6.07) is 4.10. The fourth-order valence-electron chi connectivity index (χ4n) is 10.3. The number of aliphatic hydroxyl groups excluding tert-OH is 1. The van der Waals surface area contributed by atoms with E-state index in [9.17, 15) is 37.4 Å². The molecule has 45 heavy (non-hydrogen) atoms. The first-order chi connectivity index (χ1) is 21.1. The zero-order chi connectivity index (χ0) is 32.3. The molecule has 2 aliphatic heterocycles. The fourth-order valence-corrected chi connectivity index (χ4v) is 11.6. The van der Waals surface area contributed by atoms with E-state index < -0.39 is 91.5 Å². The van der Waals surface area contributed by atoms with E-state index in [1.54, 1.807) is 0 Å². The highest BCUT2D eigenvalue weighted by atomic mass is 32.2. The number of hydrogen-bond acceptors (Lipinski definition) is 9. The number of fused-ring (bicyclic) bond motifs is 2. The molecule has 12 heteroatoms. The predicted octanol–water partition coefficient (Wildman–Crippen LogP) is 2.81. The summed E-state index contributed by atoms with van der Waals surface area (Å²) in [5.74, 6) is -6.58. The van der Waals surface area contributed by atoms with Gasteiger partial charge < -0.3 is 19.7 Å². The highest BCUT2D eigenvalue weighted by Crippen LogP contribution is 2.76. The topological polar surface area (TPSA) is 156 Å². The van der Waals surface area contributed by atoms with Gasteiger partial charge in [-0.15, -0.1) is 0 Å². The quantitative estimate of drug-likeness (QED) is 0.324. The molecule has 0 radical (unpaired) electrons. The summed E-state index contributed by atoms with van der Waals surface area (Å²) in [6.45, 7) is 7.87. The van der Waals surface area contributed by atoms with E-state index in [-0.39, 0.29) is 29.3 Å². The van der Waals surface area contributed by atoms with Gasteiger partial charge in [0.2, 0.25) is 15.8 Å². The largest absolute Gasteiger partial charge is 0.460 e. The van der Waals surface area contributed by atoms with E-state index in [0.717, 1.165) is 12.1 Å². The van der Waals surface area contributed by atoms with Gasteiger partial charge in [-0.1, -0.05) is 20.4 Å². The van der Waals surface area contributed by atoms with Crippen LogP contribution in [0, 0.1) is 45.7 Å². The van der Waals surface area contributed by atoms with E-state index >= 15 is 0 Å². The Morgan fingerprint density at radius 2 is 1.76 bits per heavy atom. The van der Waals surface area contributed by atoms with Crippen molar-refractivity contribution in [2.24, 2.45) is 39.9 Å². The van der Waals surface area contributed by atoms with E-state index in [0.29, 0.717) is 44.9 Å². The summed E-state index contributed by atoms with van der Waals surface area (Å²) in [5.41, 5.74) is -3.37. The van der Waals surface area contributed by atoms with Gasteiger partial charge in [-0.2, -0.15) is 0 Å². The Hall–Kier alpha value is -2.51. The molecule has 4 bridgehead atoms. The molecule has 8 rings (SSSR count). The third-order valence-corrected chi connectivity index (χ3v) is 13.9. The molecule has 5 aliphatic carbocycles. The third kappa shape index (κ3) is 3.98. The van der Waals surface area contributed by atoms with Crippen molar-refractivity contribution in [3.8, 4) is 0 Å². The van der Waals surface area contributed by atoms with E-state index in [2.05, 4.69) is 11.3 Å². The summed E-state index contributed by atoms with van der Waals surface area (Å²) in [5, 5.41) is 24.2. The van der Waals surface area contributed by atoms with Crippen LogP contribution in [-0.4, -0.2) is 66.8 Å². The van der Waals surface area contributed by atoms with Crippen LogP contribution < -0.4 is 4.72 Å². The molecule has 2 spiro atoms. The number of ether oxygens (including phenoxy) is 2. The minimum absolute atomic E-state index is 0.0532. The number of halogens is 1. The highest BCUT2D eigenvalue weighted by Gasteiger charge is 2.88. The van der Waals surface area contributed by atoms with Gasteiger partial charge in [0.1, 0.15) is 29.2 Å². The van der Waals surface area contributed by atoms with Gasteiger partial charge in [-0.25, -0.2) is 17.5 Å². The number of nitrogens with one attached hydrogen (secondary N) is 1. The van der Waals surface area contributed by atoms with Gasteiger partial charge in [0, 0.05) is 24.3 Å². The number of benzene rings is 1. The molecule has 7 fully saturated rings. The first kappa shape index (κ1) is 31.1. The molecule has 1 aromatic carbocycles. The molecule has 244 valence electrons. The SMILES string of the molecule is C=C1C(=O)[C@]23[C@H](OC(=O)C4CCC(NS(=O)(=O)c5ccc(F)cc5)CC4)[C@H]1CC[C@H]2[C@@]12CO[C@]3(O)[C@@H](O)[C@@H]1C(C)(C)CCC2=O. The van der Waals surface area contributed by atoms with Crippen LogP contribution in [0.3, 0.4) is 0 Å². The lowest BCUT2D eigenvalue weighted by atomic mass is 9.36. The average Bonchev–Trinajstić information content (AvgIpc) is 3.10. The lowest BCUT2D eigenvalue weighted by Crippen LogP contribution is -2.85. The molecule has 0 unspecified atom stereocenters. The first-order valence-corrected chi connectivity index (χ1v) is 17.4. The van der Waals surface area contributed by atoms with Crippen molar-refractivity contribution >= 4 is 27.6 Å². The number of ketones is 2. The van der Waals surface area contributed by atoms with Crippen molar-refractivity contribution in [3.05, 3.63) is 42.2 Å². The second-order valence-corrected chi connectivity index (χ2v) is 16.5. The molecule has 7 aliphatic rings. The highest BCUT2D eigenvalue weighted by molar-refractivity contribution is 7.89. The van der Waals surface area contributed by atoms with Crippen molar-refractivity contribution in [1.82, 2.24) is 4.72 Å². The summed E-state index contributed by atoms with van der Waals surface area (Å²) < 4.78 is 53.7. The Labute approximate surface area is 261 Å². The van der Waals surface area contributed by atoms with Gasteiger partial charge in [-0.05, 0) is 86.1 Å². The van der Waals surface area contributed by atoms with Gasteiger partial charge in [0.15, 0.2) is 5.78 Å². The van der Waals surface area contributed by atoms with Crippen LogP contribution in [0.25, 0.3) is 0 Å². The van der Waals surface area contributed by atoms with Gasteiger partial charge in [0.25, 0.3) is 0 Å². The molecule has 3 N–H and O–H groups in total. The van der Waals surface area contributed by atoms with Crippen LogP contribution in [0.2, 0.25) is 0 Å². The Kier molecular flexibility index (Phi) is 6.91. The number of Topliss-reactive ketones (excluding diaryl/α,β-unsaturated/α-hetero) is 2. The second-order valence-electron chi connectivity index (χ2n) is 14.8. The third-order valence-electron chi connectivity index (χ3n) is 12.4. The van der Waals surface area contributed by atoms with E-state index in [4.69, 9.17) is 9.47 Å². The number of esters is 1. The van der Waals surface area contributed by atoms with Crippen molar-refractivity contribution < 1.29 is 46.9 Å². The summed E-state index contributed by atoms with van der Waals surface area (Å²) in [4.78, 5) is 41.9. The number of carbonyl (C=O) groups excluding carboxylic acids is 3. The maximum absolute atomic E-state index is 14.3. The number of aliphatic hydroxyl groups is 2. The lowest BCUT2D eigenvalue weighted by molar-refractivity contribution is -0.437. The minimum atomic E-state index is -3.88. The van der Waals surface area contributed by atoms with Crippen LogP contribution in [0.5, 0.6) is 0 Å². The van der Waals surface area contributed by atoms with Crippen LogP contribution in [-0.2, 0) is 33.9 Å². The summed E-state index contributed by atoms with van der Waals surface area (Å²) >= 11 is 0. The van der Waals surface area contributed by atoms with E-state index in [1.807, 2.05) is 13.8 Å². The summed E-state index contributed by atoms with van der Waals surface area (Å²) in [7, 11) is -3.88. The number of rotatable bonds is 5. The zero-order valence-corrected chi connectivity index (χ0v) is 26.3. The van der Waals surface area contributed by atoms with E-state index in [1.165, 1.54) is 12.1 Å². The van der Waals surface area contributed by atoms with Crippen molar-refractivity contribution in [2.75, 3.05) is 6.61 Å². The number of hydrogen-bond donors (Lipinski definition) is 3. The Bertz CT molecular complexity index is 1580. The van der Waals surface area contributed by atoms with Crippen molar-refractivity contribution in [1.29, 1.82) is 0 Å². The molecule has 1 aromatic rings. The Balaban J connectivity index is 1.14. The predicted molar refractivity (Wildman–Crippen MR) is 156 cm³/mol. The molecule has 2 saturated heterocycles. The first-order valence-electron chi connectivity index (χ1n) is 15.9. The average molecular weight is 646 g/mol. The smallest absolute Gasteiger partial charge is 0.309 e. The summed E-state index contributed by atoms with van der Waals surface area (Å²) in [6.07, 6.45) is 0.315. The standard InChI is InChI=1S/C33H40FNO9S/c1-17-22-12-13-23-31-16-43-33(40,27(38)25(31)30(2,3)15-14-24(31)36)32(23,26(17)37)28(22)44-29(39)18-4-8-20(9-5-18)35-45(41,42)21-10-6-19(34)7-11-21/h6-7,10-11,18,20,22-23,25,27-28,35,38,40H,1,4-5,8-9,12-16H2,2-3H3/t18?,20?,22-,23-,25+,27-,28+,31+,32-,33+/m0/s1. The van der Waals surface area contributed by atoms with Gasteiger partial charge >= 0.3 is 5.97 Å². The monoisotopic (exact) mass is 645 g/mol. The molecule has 0 aromatic heterocycles. The molecule has 2 heterocycles. The molecule has 5 saturated carbocycles. The van der Waals surface area contributed by atoms with Crippen LogP contribution >= 0.6 is 0 Å². The molecular weight excluding hydrogens is 605 g/mol. The molecule has 10 nitrogen and oxygen atoms in total. The van der Waals surface area contributed by atoms with Crippen LogP contribution in [0.4, 0.5) is 4.39 Å². The Morgan fingerprint density at radius 3 is 2.42 bits per heavy atom. The molecule has 8 atom stereocenters. The van der Waals surface area contributed by atoms with Crippen molar-refractivity contribution in [3.63, 3.8) is 0 Å². The van der Waals surface area contributed by atoms with Crippen LogP contribution in [0.15, 0.2) is 41.3 Å². The fraction of sp³-hybridized carbons (Fsp3) is 0.667. The second kappa shape index (κ2) is 10.00. The van der Waals surface area contributed by atoms with Crippen LogP contribution in [0.1, 0.15) is 65.2 Å². The normalized spacial score (nSPS) is 43.5. The Morgan fingerprint density at radius 1 is 1.09 bits per heavy atom. The maximum atomic E-state index is 14.3. The maximum Gasteiger partial charge on any atom is 0.309 e. The molecular formula is C33H40FNO9S. The lowest BCUT2D eigenvalue weighted by Gasteiger charge is -2.73.